The van der Waals surface area contributed by atoms with Gasteiger partial charge in [-0.2, -0.15) is 0 Å². The highest BCUT2D eigenvalue weighted by Gasteiger charge is 2.35. The molecule has 0 radical (unpaired) electrons. The van der Waals surface area contributed by atoms with Gasteiger partial charge in [0.15, 0.2) is 0 Å². The summed E-state index contributed by atoms with van der Waals surface area (Å²) in [6, 6.07) is 5.43. The van der Waals surface area contributed by atoms with Crippen LogP contribution in [-0.2, 0) is 16.6 Å². The molecule has 0 atom stereocenters. The number of carbonyl (C=O) groups is 1. The number of nitrogens with zero attached hydrogens (tertiary/aromatic N) is 2. The van der Waals surface area contributed by atoms with Crippen LogP contribution in [-0.4, -0.2) is 68.8 Å². The van der Waals surface area contributed by atoms with Crippen LogP contribution in [0.5, 0.6) is 11.5 Å². The van der Waals surface area contributed by atoms with E-state index in [2.05, 4.69) is 5.32 Å². The third-order valence-electron chi connectivity index (χ3n) is 4.82. The molecule has 0 bridgehead atoms. The fourth-order valence-electron chi connectivity index (χ4n) is 3.35. The molecule has 0 aliphatic carbocycles. The van der Waals surface area contributed by atoms with Crippen molar-refractivity contribution in [2.45, 2.75) is 26.0 Å². The van der Waals surface area contributed by atoms with Gasteiger partial charge in [-0.3, -0.25) is 0 Å². The molecular weight excluding hydrogens is 370 g/mol. The van der Waals surface area contributed by atoms with Crippen molar-refractivity contribution < 1.29 is 22.7 Å². The zero-order valence-electron chi connectivity index (χ0n) is 16.2. The first kappa shape index (κ1) is 19.8. The topological polar surface area (TPSA) is 88.2 Å². The second-order valence-electron chi connectivity index (χ2n) is 7.82. The quantitative estimate of drug-likeness (QED) is 0.827. The Balaban J connectivity index is 1.62. The number of nitrogens with one attached hydrogen (secondary N) is 1. The monoisotopic (exact) mass is 397 g/mol. The fraction of sp³-hybridized carbons (Fsp3) is 0.611. The summed E-state index contributed by atoms with van der Waals surface area (Å²) in [6.45, 7) is 6.13. The van der Waals surface area contributed by atoms with Crippen LogP contribution in [0.3, 0.4) is 0 Å². The first-order chi connectivity index (χ1) is 12.6. The first-order valence-electron chi connectivity index (χ1n) is 8.91. The predicted octanol–water partition coefficient (Wildman–Crippen LogP) is 1.27. The number of urea groups is 1. The Morgan fingerprint density at radius 3 is 2.70 bits per heavy atom. The molecule has 0 unspecified atom stereocenters. The highest BCUT2D eigenvalue weighted by Crippen LogP contribution is 2.32. The Labute approximate surface area is 160 Å². The molecule has 8 nitrogen and oxygen atoms in total. The van der Waals surface area contributed by atoms with E-state index in [1.165, 1.54) is 10.6 Å². The van der Waals surface area contributed by atoms with Gasteiger partial charge in [0.1, 0.15) is 17.1 Å². The molecule has 0 aromatic heterocycles. The second-order valence-corrected chi connectivity index (χ2v) is 9.81. The van der Waals surface area contributed by atoms with Crippen molar-refractivity contribution in [2.24, 2.45) is 5.92 Å². The molecule has 0 saturated carbocycles. The molecule has 9 heteroatoms. The van der Waals surface area contributed by atoms with Crippen LogP contribution < -0.4 is 14.8 Å². The van der Waals surface area contributed by atoms with Crippen LogP contribution in [0.1, 0.15) is 19.4 Å². The molecule has 1 fully saturated rings. The van der Waals surface area contributed by atoms with Gasteiger partial charge in [-0.15, -0.1) is 0 Å². The Hall–Kier alpha value is -2.00. The molecule has 1 N–H and O–H groups in total. The molecule has 2 heterocycles. The predicted molar refractivity (Wildman–Crippen MR) is 101 cm³/mol. The lowest BCUT2D eigenvalue weighted by Gasteiger charge is -2.37. The number of carbonyl (C=O) groups excluding carboxylic acids is 1. The number of ether oxygens (including phenoxy) is 2. The summed E-state index contributed by atoms with van der Waals surface area (Å²) in [7, 11) is -1.53. The van der Waals surface area contributed by atoms with Crippen molar-refractivity contribution >= 4 is 16.1 Å². The number of hydrogen-bond donors (Lipinski definition) is 1. The van der Waals surface area contributed by atoms with E-state index in [1.807, 2.05) is 32.0 Å². The summed E-state index contributed by atoms with van der Waals surface area (Å²) in [5, 5.41) is 2.93. The maximum atomic E-state index is 12.7. The minimum atomic E-state index is -3.13. The van der Waals surface area contributed by atoms with Gasteiger partial charge in [0.05, 0.1) is 26.5 Å². The van der Waals surface area contributed by atoms with Crippen molar-refractivity contribution in [2.75, 3.05) is 39.5 Å². The molecule has 1 aromatic rings. The molecule has 2 aliphatic heterocycles. The van der Waals surface area contributed by atoms with Gasteiger partial charge in [-0.25, -0.2) is 17.5 Å². The van der Waals surface area contributed by atoms with E-state index < -0.39 is 15.6 Å². The molecule has 1 aromatic carbocycles. The van der Waals surface area contributed by atoms with Crippen molar-refractivity contribution in [1.82, 2.24) is 14.5 Å². The van der Waals surface area contributed by atoms with Gasteiger partial charge < -0.3 is 19.7 Å². The molecular formula is C18H27N3O5S. The lowest BCUT2D eigenvalue weighted by molar-refractivity contribution is 0.0797. The normalized spacial score (nSPS) is 20.1. The Morgan fingerprint density at radius 2 is 2.07 bits per heavy atom. The number of sulfonamides is 1. The van der Waals surface area contributed by atoms with Crippen molar-refractivity contribution in [3.05, 3.63) is 23.8 Å². The summed E-state index contributed by atoms with van der Waals surface area (Å²) in [5.74, 6) is 1.58. The molecule has 3 rings (SSSR count). The second kappa shape index (κ2) is 7.20. The molecule has 0 spiro atoms. The number of benzene rings is 1. The third kappa shape index (κ3) is 4.65. The van der Waals surface area contributed by atoms with Gasteiger partial charge in [-0.05, 0) is 26.0 Å². The van der Waals surface area contributed by atoms with Crippen LogP contribution in [0.2, 0.25) is 0 Å². The zero-order chi connectivity index (χ0) is 19.8. The minimum Gasteiger partial charge on any atom is -0.497 e. The minimum absolute atomic E-state index is 0.150. The van der Waals surface area contributed by atoms with Gasteiger partial charge in [0.2, 0.25) is 10.0 Å². The van der Waals surface area contributed by atoms with Crippen molar-refractivity contribution in [3.8, 4) is 11.5 Å². The van der Waals surface area contributed by atoms with E-state index in [0.29, 0.717) is 38.5 Å². The molecule has 2 amide bonds. The van der Waals surface area contributed by atoms with Crippen molar-refractivity contribution in [3.63, 3.8) is 0 Å². The maximum absolute atomic E-state index is 12.7. The number of hydrogen-bond acceptors (Lipinski definition) is 5. The Morgan fingerprint density at radius 1 is 1.37 bits per heavy atom. The van der Waals surface area contributed by atoms with Gasteiger partial charge in [0, 0.05) is 37.2 Å². The standard InChI is InChI=1S/C18H27N3O5S/c1-18(2)12-20(11-14-5-6-15(25-3)7-16(14)26-18)17(22)19-8-13-9-21(10-13)27(4,23)24/h5-7,13H,8-12H2,1-4H3,(H,19,22). The van der Waals surface area contributed by atoms with Crippen LogP contribution in [0.15, 0.2) is 18.2 Å². The van der Waals surface area contributed by atoms with E-state index in [9.17, 15) is 13.2 Å². The highest BCUT2D eigenvalue weighted by atomic mass is 32.2. The summed E-state index contributed by atoms with van der Waals surface area (Å²) in [5.41, 5.74) is 0.377. The van der Waals surface area contributed by atoms with E-state index in [1.54, 1.807) is 12.0 Å². The van der Waals surface area contributed by atoms with E-state index in [-0.39, 0.29) is 11.9 Å². The van der Waals surface area contributed by atoms with Gasteiger partial charge >= 0.3 is 6.03 Å². The van der Waals surface area contributed by atoms with Gasteiger partial charge in [0.25, 0.3) is 0 Å². The van der Waals surface area contributed by atoms with Crippen LogP contribution in [0.25, 0.3) is 0 Å². The smallest absolute Gasteiger partial charge is 0.317 e. The fourth-order valence-corrected chi connectivity index (χ4v) is 4.31. The largest absolute Gasteiger partial charge is 0.497 e. The van der Waals surface area contributed by atoms with Gasteiger partial charge in [-0.1, -0.05) is 0 Å². The number of methoxy groups -OCH3 is 1. The van der Waals surface area contributed by atoms with E-state index >= 15 is 0 Å². The molecule has 27 heavy (non-hydrogen) atoms. The van der Waals surface area contributed by atoms with Crippen LogP contribution in [0.4, 0.5) is 4.79 Å². The SMILES string of the molecule is COc1ccc2c(c1)OC(C)(C)CN(C(=O)NCC1CN(S(C)(=O)=O)C1)C2. The number of amides is 2. The van der Waals surface area contributed by atoms with E-state index in [0.717, 1.165) is 11.3 Å². The molecule has 1 saturated heterocycles. The molecule has 150 valence electrons. The Kier molecular flexibility index (Phi) is 5.27. The Bertz CT molecular complexity index is 818. The summed E-state index contributed by atoms with van der Waals surface area (Å²) in [4.78, 5) is 14.4. The average Bonchev–Trinajstić information content (AvgIpc) is 2.65. The average molecular weight is 397 g/mol. The lowest BCUT2D eigenvalue weighted by atomic mass is 10.0. The third-order valence-corrected chi connectivity index (χ3v) is 6.05. The summed E-state index contributed by atoms with van der Waals surface area (Å²) in [6.07, 6.45) is 1.20. The molecule has 2 aliphatic rings. The van der Waals surface area contributed by atoms with Crippen LogP contribution >= 0.6 is 0 Å². The summed E-state index contributed by atoms with van der Waals surface area (Å²) >= 11 is 0. The highest BCUT2D eigenvalue weighted by molar-refractivity contribution is 7.88. The van der Waals surface area contributed by atoms with Crippen molar-refractivity contribution in [1.29, 1.82) is 0 Å². The van der Waals surface area contributed by atoms with Crippen LogP contribution in [0, 0.1) is 5.92 Å². The first-order valence-corrected chi connectivity index (χ1v) is 10.8. The maximum Gasteiger partial charge on any atom is 0.317 e. The summed E-state index contributed by atoms with van der Waals surface area (Å²) < 4.78 is 35.6. The lowest BCUT2D eigenvalue weighted by Crippen LogP contribution is -2.55. The zero-order valence-corrected chi connectivity index (χ0v) is 17.0. The van der Waals surface area contributed by atoms with E-state index in [4.69, 9.17) is 9.47 Å². The number of rotatable bonds is 4. The number of fused-ring (bicyclic) bond motifs is 1.